The number of esters is 1. The van der Waals surface area contributed by atoms with Crippen LogP contribution in [0.2, 0.25) is 0 Å². The summed E-state index contributed by atoms with van der Waals surface area (Å²) in [5.41, 5.74) is 6.12. The molecule has 0 bridgehead atoms. The van der Waals surface area contributed by atoms with Crippen LogP contribution in [0.25, 0.3) is 0 Å². The highest BCUT2D eigenvalue weighted by atomic mass is 16.5. The Kier molecular flexibility index (Phi) is 8.90. The number of amides is 1. The van der Waals surface area contributed by atoms with E-state index < -0.39 is 12.0 Å². The van der Waals surface area contributed by atoms with E-state index in [9.17, 15) is 9.59 Å². The lowest BCUT2D eigenvalue weighted by atomic mass is 10.1. The van der Waals surface area contributed by atoms with Crippen LogP contribution in [0, 0.1) is 0 Å². The summed E-state index contributed by atoms with van der Waals surface area (Å²) in [6.45, 7) is 2.75. The molecule has 0 aliphatic carbocycles. The molecule has 124 valence electrons. The summed E-state index contributed by atoms with van der Waals surface area (Å²) in [7, 11) is 0. The highest BCUT2D eigenvalue weighted by Gasteiger charge is 2.23. The maximum Gasteiger partial charge on any atom is 0.329 e. The summed E-state index contributed by atoms with van der Waals surface area (Å²) in [4.78, 5) is 30.6. The van der Waals surface area contributed by atoms with Crippen molar-refractivity contribution in [2.75, 3.05) is 13.2 Å². The number of carbonyl (C=O) groups excluding carboxylic acids is 2. The third-order valence-corrected chi connectivity index (χ3v) is 3.21. The summed E-state index contributed by atoms with van der Waals surface area (Å²) < 4.78 is 5.26. The Bertz CT molecular complexity index is 434. The fourth-order valence-electron chi connectivity index (χ4n) is 2.01. The molecule has 1 heterocycles. The number of aromatic amines is 1. The number of hydrogen-bond donors (Lipinski definition) is 3. The van der Waals surface area contributed by atoms with Gasteiger partial charge in [-0.15, -0.1) is 0 Å². The van der Waals surface area contributed by atoms with Gasteiger partial charge in [-0.05, 0) is 6.42 Å². The third-order valence-electron chi connectivity index (χ3n) is 3.21. The Morgan fingerprint density at radius 2 is 2.23 bits per heavy atom. The number of aromatic nitrogens is 2. The molecule has 7 heteroatoms. The van der Waals surface area contributed by atoms with Gasteiger partial charge in [-0.25, -0.2) is 9.78 Å². The van der Waals surface area contributed by atoms with E-state index in [1.54, 1.807) is 6.20 Å². The molecule has 1 amide bonds. The zero-order valence-electron chi connectivity index (χ0n) is 13.1. The van der Waals surface area contributed by atoms with Crippen molar-refractivity contribution < 1.29 is 14.3 Å². The smallest absolute Gasteiger partial charge is 0.329 e. The van der Waals surface area contributed by atoms with Crippen LogP contribution in [-0.4, -0.2) is 41.0 Å². The van der Waals surface area contributed by atoms with Gasteiger partial charge < -0.3 is 20.8 Å². The summed E-state index contributed by atoms with van der Waals surface area (Å²) >= 11 is 0. The molecule has 0 spiro atoms. The van der Waals surface area contributed by atoms with Crippen LogP contribution in [0.1, 0.15) is 44.7 Å². The Morgan fingerprint density at radius 3 is 2.86 bits per heavy atom. The lowest BCUT2D eigenvalue weighted by Crippen LogP contribution is -2.44. The van der Waals surface area contributed by atoms with Crippen LogP contribution >= 0.6 is 0 Å². The number of imidazole rings is 1. The molecular weight excluding hydrogens is 284 g/mol. The van der Waals surface area contributed by atoms with Gasteiger partial charge in [-0.3, -0.25) is 4.79 Å². The molecule has 4 N–H and O–H groups in total. The number of H-pyrrole nitrogens is 1. The van der Waals surface area contributed by atoms with Crippen LogP contribution in [0.3, 0.4) is 0 Å². The number of carbonyl (C=O) groups is 2. The van der Waals surface area contributed by atoms with Gasteiger partial charge in [0, 0.05) is 31.3 Å². The first kappa shape index (κ1) is 18.2. The van der Waals surface area contributed by atoms with Gasteiger partial charge in [0.2, 0.25) is 5.91 Å². The van der Waals surface area contributed by atoms with Gasteiger partial charge in [0.15, 0.2) is 0 Å². The molecule has 1 unspecified atom stereocenters. The predicted octanol–water partition coefficient (Wildman–Crippen LogP) is 0.909. The number of nitrogens with one attached hydrogen (secondary N) is 2. The normalized spacial score (nSPS) is 11.9. The van der Waals surface area contributed by atoms with E-state index in [1.165, 1.54) is 6.33 Å². The monoisotopic (exact) mass is 310 g/mol. The van der Waals surface area contributed by atoms with Crippen molar-refractivity contribution in [3.8, 4) is 0 Å². The van der Waals surface area contributed by atoms with Crippen molar-refractivity contribution in [1.29, 1.82) is 0 Å². The SMILES string of the molecule is CCCCCCOC(=O)C(Cc1cnc[nH]1)NC(=O)CCN. The first-order valence-electron chi connectivity index (χ1n) is 7.80. The highest BCUT2D eigenvalue weighted by molar-refractivity contribution is 5.84. The quantitative estimate of drug-likeness (QED) is 0.415. The van der Waals surface area contributed by atoms with Crippen molar-refractivity contribution >= 4 is 11.9 Å². The Morgan fingerprint density at radius 1 is 1.41 bits per heavy atom. The maximum atomic E-state index is 12.1. The minimum Gasteiger partial charge on any atom is -0.464 e. The Labute approximate surface area is 131 Å². The van der Waals surface area contributed by atoms with Crippen molar-refractivity contribution in [3.05, 3.63) is 18.2 Å². The fourth-order valence-corrected chi connectivity index (χ4v) is 2.01. The zero-order chi connectivity index (χ0) is 16.2. The van der Waals surface area contributed by atoms with E-state index in [0.29, 0.717) is 13.0 Å². The second-order valence-corrected chi connectivity index (χ2v) is 5.17. The average Bonchev–Trinajstić information content (AvgIpc) is 2.99. The van der Waals surface area contributed by atoms with Gasteiger partial charge in [0.05, 0.1) is 12.9 Å². The number of hydrogen-bond acceptors (Lipinski definition) is 5. The molecule has 0 aliphatic heterocycles. The first-order valence-corrected chi connectivity index (χ1v) is 7.80. The molecule has 0 radical (unpaired) electrons. The van der Waals surface area contributed by atoms with Gasteiger partial charge in [-0.2, -0.15) is 0 Å². The van der Waals surface area contributed by atoms with Crippen molar-refractivity contribution in [2.24, 2.45) is 5.73 Å². The van der Waals surface area contributed by atoms with Crippen molar-refractivity contribution in [2.45, 2.75) is 51.5 Å². The van der Waals surface area contributed by atoms with E-state index in [-0.39, 0.29) is 18.9 Å². The Balaban J connectivity index is 2.48. The number of nitrogens with two attached hydrogens (primary N) is 1. The fraction of sp³-hybridized carbons (Fsp3) is 0.667. The second kappa shape index (κ2) is 10.8. The predicted molar refractivity (Wildman–Crippen MR) is 83.0 cm³/mol. The van der Waals surface area contributed by atoms with Crippen LogP contribution < -0.4 is 11.1 Å². The van der Waals surface area contributed by atoms with Crippen LogP contribution in [0.15, 0.2) is 12.5 Å². The molecular formula is C15H26N4O3. The van der Waals surface area contributed by atoms with Gasteiger partial charge >= 0.3 is 5.97 Å². The molecule has 0 aliphatic rings. The second-order valence-electron chi connectivity index (χ2n) is 5.17. The lowest BCUT2D eigenvalue weighted by molar-refractivity contribution is -0.148. The maximum absolute atomic E-state index is 12.1. The topological polar surface area (TPSA) is 110 Å². The standard InChI is InChI=1S/C15H26N4O3/c1-2-3-4-5-8-22-15(21)13(19-14(20)6-7-16)9-12-10-17-11-18-12/h10-11,13H,2-9,16H2,1H3,(H,17,18)(H,19,20). The van der Waals surface area contributed by atoms with Crippen molar-refractivity contribution in [1.82, 2.24) is 15.3 Å². The largest absolute Gasteiger partial charge is 0.464 e. The Hall–Kier alpha value is -1.89. The summed E-state index contributed by atoms with van der Waals surface area (Å²) in [6.07, 6.45) is 7.80. The average molecular weight is 310 g/mol. The third kappa shape index (κ3) is 7.21. The zero-order valence-corrected chi connectivity index (χ0v) is 13.1. The van der Waals surface area contributed by atoms with E-state index >= 15 is 0 Å². The lowest BCUT2D eigenvalue weighted by Gasteiger charge is -2.17. The minimum atomic E-state index is -0.717. The van der Waals surface area contributed by atoms with Gasteiger partial charge in [0.1, 0.15) is 6.04 Å². The van der Waals surface area contributed by atoms with Gasteiger partial charge in [-0.1, -0.05) is 26.2 Å². The molecule has 0 aromatic carbocycles. The van der Waals surface area contributed by atoms with Crippen LogP contribution in [0.5, 0.6) is 0 Å². The number of rotatable bonds is 11. The molecule has 0 saturated carbocycles. The molecule has 1 atom stereocenters. The molecule has 1 rings (SSSR count). The molecule has 7 nitrogen and oxygen atoms in total. The van der Waals surface area contributed by atoms with E-state index in [0.717, 1.165) is 31.4 Å². The molecule has 1 aromatic rings. The molecule has 1 aromatic heterocycles. The van der Waals surface area contributed by atoms with E-state index in [1.807, 2.05) is 0 Å². The summed E-state index contributed by atoms with van der Waals surface area (Å²) in [5.74, 6) is -0.675. The first-order chi connectivity index (χ1) is 10.7. The van der Waals surface area contributed by atoms with Crippen LogP contribution in [0.4, 0.5) is 0 Å². The van der Waals surface area contributed by atoms with Crippen LogP contribution in [-0.2, 0) is 20.7 Å². The molecule has 0 saturated heterocycles. The number of nitrogens with zero attached hydrogens (tertiary/aromatic N) is 1. The van der Waals surface area contributed by atoms with Crippen molar-refractivity contribution in [3.63, 3.8) is 0 Å². The summed E-state index contributed by atoms with van der Waals surface area (Å²) in [6, 6.07) is -0.717. The number of ether oxygens (including phenoxy) is 1. The minimum absolute atomic E-state index is 0.184. The van der Waals surface area contributed by atoms with E-state index in [4.69, 9.17) is 10.5 Å². The van der Waals surface area contributed by atoms with E-state index in [2.05, 4.69) is 22.2 Å². The molecule has 0 fully saturated rings. The molecule has 22 heavy (non-hydrogen) atoms. The highest BCUT2D eigenvalue weighted by Crippen LogP contribution is 2.04. The van der Waals surface area contributed by atoms with Gasteiger partial charge in [0.25, 0.3) is 0 Å². The number of unbranched alkanes of at least 4 members (excludes halogenated alkanes) is 3. The summed E-state index contributed by atoms with van der Waals surface area (Å²) in [5, 5.41) is 2.67.